The average molecular weight is 1040 g/mol. The van der Waals surface area contributed by atoms with Crippen LogP contribution in [0.5, 0.6) is 0 Å². The number of nitrogens with zero attached hydrogens (tertiary/aromatic N) is 4. The van der Waals surface area contributed by atoms with Gasteiger partial charge in [-0.25, -0.2) is 32.6 Å². The summed E-state index contributed by atoms with van der Waals surface area (Å²) in [6.07, 6.45) is 6.66. The van der Waals surface area contributed by atoms with Crippen LogP contribution in [0, 0.1) is 13.8 Å². The Balaban J connectivity index is 0.000000211. The van der Waals surface area contributed by atoms with Crippen LogP contribution in [0.2, 0.25) is 0 Å². The number of amides is 2. The molecule has 68 heavy (non-hydrogen) atoms. The Morgan fingerprint density at radius 2 is 1.22 bits per heavy atom. The number of aromatic nitrogens is 2. The molecule has 1 fully saturated rings. The number of nitrogens with one attached hydrogen (secondary N) is 2. The smallest absolute Gasteiger partial charge is 0.423 e. The van der Waals surface area contributed by atoms with Crippen molar-refractivity contribution >= 4 is 71.4 Å². The summed E-state index contributed by atoms with van der Waals surface area (Å²) in [5.74, 6) is -1.73. The molecule has 5 N–H and O–H groups in total. The van der Waals surface area contributed by atoms with Crippen molar-refractivity contribution in [3.8, 4) is 11.1 Å². The largest absolute Gasteiger partial charge is 0.490 e. The van der Waals surface area contributed by atoms with Crippen LogP contribution in [0.15, 0.2) is 100.0 Å². The van der Waals surface area contributed by atoms with Crippen LogP contribution in [0.4, 0.5) is 0 Å². The molecule has 23 heteroatoms. The van der Waals surface area contributed by atoms with E-state index < -0.39 is 66.6 Å². The van der Waals surface area contributed by atoms with Gasteiger partial charge in [-0.15, -0.1) is 0 Å². The molecule has 5 heterocycles. The lowest BCUT2D eigenvalue weighted by Crippen LogP contribution is -2.52. The molecule has 4 aromatic rings. The van der Waals surface area contributed by atoms with E-state index in [9.17, 15) is 26.4 Å². The zero-order chi connectivity index (χ0) is 49.9. The number of pyridine rings is 2. The third kappa shape index (κ3) is 14.2. The number of hydroxylamine groups is 2. The van der Waals surface area contributed by atoms with Crippen molar-refractivity contribution < 1.29 is 60.9 Å². The molecule has 3 aliphatic rings. The summed E-state index contributed by atoms with van der Waals surface area (Å²) in [4.78, 5) is 49.0. The maximum absolute atomic E-state index is 12.8. The molecule has 3 aliphatic heterocycles. The quantitative estimate of drug-likeness (QED) is 0.0678. The Hall–Kier alpha value is -5.14. The third-order valence-electron chi connectivity index (χ3n) is 11.7. The SMILES string of the molecule is C[C@@](C[C@H]1CC(c2ccc(Br)cc2)=NO1)(C(=O)NOC1CCCCO1)S(C)(=O)=O.Cc1ccc(-c2ccc(C3=NO[C@@H](C[C@](C)(C(=O)NO)S(C)(=O)=O)C3)cc2)cn1.Cc1ccc(B(O)O)cn1. The van der Waals surface area contributed by atoms with Gasteiger partial charge in [0.05, 0.1) is 11.4 Å². The van der Waals surface area contributed by atoms with Crippen molar-refractivity contribution in [2.24, 2.45) is 10.3 Å². The van der Waals surface area contributed by atoms with Crippen LogP contribution in [0.25, 0.3) is 11.1 Å². The van der Waals surface area contributed by atoms with Crippen molar-refractivity contribution in [1.29, 1.82) is 0 Å². The molecule has 2 aromatic heterocycles. The summed E-state index contributed by atoms with van der Waals surface area (Å²) in [6, 6.07) is 22.6. The number of rotatable bonds is 14. The topological polar surface area (TPSA) is 275 Å². The lowest BCUT2D eigenvalue weighted by atomic mass is 9.82. The zero-order valence-electron chi connectivity index (χ0n) is 38.5. The van der Waals surface area contributed by atoms with E-state index in [4.69, 9.17) is 34.5 Å². The van der Waals surface area contributed by atoms with Crippen molar-refractivity contribution in [1.82, 2.24) is 20.9 Å². The van der Waals surface area contributed by atoms with E-state index in [1.165, 1.54) is 25.5 Å². The molecule has 0 radical (unpaired) electrons. The molecule has 0 aliphatic carbocycles. The molecule has 1 unspecified atom stereocenters. The van der Waals surface area contributed by atoms with Gasteiger partial charge in [-0.3, -0.25) is 24.8 Å². The van der Waals surface area contributed by atoms with Crippen LogP contribution in [0.1, 0.15) is 81.3 Å². The van der Waals surface area contributed by atoms with Gasteiger partial charge in [0.25, 0.3) is 11.8 Å². The first-order valence-corrected chi connectivity index (χ1v) is 26.1. The lowest BCUT2D eigenvalue weighted by Gasteiger charge is -2.29. The van der Waals surface area contributed by atoms with E-state index in [-0.39, 0.29) is 12.8 Å². The molecule has 1 saturated heterocycles. The molecular weight excluding hydrogens is 987 g/mol. The Bertz CT molecular complexity index is 2640. The maximum atomic E-state index is 12.8. The molecule has 0 spiro atoms. The third-order valence-corrected chi connectivity index (χ3v) is 16.2. The summed E-state index contributed by atoms with van der Waals surface area (Å²) >= 11 is 3.38. The number of oxime groups is 2. The Labute approximate surface area is 404 Å². The number of carbonyl (C=O) groups excluding carboxylic acids is 2. The fourth-order valence-corrected chi connectivity index (χ4v) is 9.03. The molecule has 0 bridgehead atoms. The van der Waals surface area contributed by atoms with Crippen LogP contribution >= 0.6 is 15.9 Å². The van der Waals surface area contributed by atoms with Gasteiger partial charge in [0.15, 0.2) is 35.5 Å². The molecule has 0 saturated carbocycles. The number of sulfone groups is 2. The van der Waals surface area contributed by atoms with Crippen molar-refractivity contribution in [3.63, 3.8) is 0 Å². The first-order valence-electron chi connectivity index (χ1n) is 21.5. The van der Waals surface area contributed by atoms with Gasteiger partial charge in [0, 0.05) is 90.5 Å². The molecule has 2 amide bonds. The number of halogens is 1. The van der Waals surface area contributed by atoms with Crippen LogP contribution in [0.3, 0.4) is 0 Å². The summed E-state index contributed by atoms with van der Waals surface area (Å²) in [5, 5.41) is 34.3. The molecule has 5 atom stereocenters. The molecule has 2 aromatic carbocycles. The first-order chi connectivity index (χ1) is 32.0. The van der Waals surface area contributed by atoms with Crippen molar-refractivity contribution in [3.05, 3.63) is 112 Å². The van der Waals surface area contributed by atoms with E-state index in [0.29, 0.717) is 42.8 Å². The Kier molecular flexibility index (Phi) is 18.6. The van der Waals surface area contributed by atoms with Gasteiger partial charge in [-0.05, 0) is 81.5 Å². The van der Waals surface area contributed by atoms with Gasteiger partial charge in [0.1, 0.15) is 12.2 Å². The van der Waals surface area contributed by atoms with Crippen LogP contribution in [-0.2, 0) is 48.5 Å². The summed E-state index contributed by atoms with van der Waals surface area (Å²) in [6.45, 7) is 6.97. The van der Waals surface area contributed by atoms with E-state index in [1.54, 1.807) is 12.1 Å². The highest BCUT2D eigenvalue weighted by Crippen LogP contribution is 2.32. The van der Waals surface area contributed by atoms with Crippen LogP contribution in [-0.4, -0.2) is 120 Å². The fourth-order valence-electron chi connectivity index (χ4n) is 7.03. The zero-order valence-corrected chi connectivity index (χ0v) is 41.7. The number of carbonyl (C=O) groups is 2. The summed E-state index contributed by atoms with van der Waals surface area (Å²) < 4.78 is 52.0. The number of aryl methyl sites for hydroxylation is 2. The van der Waals surface area contributed by atoms with Crippen molar-refractivity contribution in [2.75, 3.05) is 19.1 Å². The number of benzene rings is 2. The highest BCUT2D eigenvalue weighted by atomic mass is 79.9. The van der Waals surface area contributed by atoms with E-state index in [2.05, 4.69) is 41.7 Å². The van der Waals surface area contributed by atoms with E-state index in [0.717, 1.165) is 63.5 Å². The second-order valence-corrected chi connectivity index (χ2v) is 22.8. The highest BCUT2D eigenvalue weighted by Gasteiger charge is 2.48. The van der Waals surface area contributed by atoms with Crippen LogP contribution < -0.4 is 16.4 Å². The minimum atomic E-state index is -3.79. The van der Waals surface area contributed by atoms with Gasteiger partial charge in [-0.2, -0.15) is 0 Å². The molecule has 366 valence electrons. The van der Waals surface area contributed by atoms with Gasteiger partial charge in [0.2, 0.25) is 0 Å². The number of hydrogen-bond acceptors (Lipinski definition) is 17. The average Bonchev–Trinajstić information content (AvgIpc) is 3.98. The highest BCUT2D eigenvalue weighted by molar-refractivity contribution is 9.10. The Morgan fingerprint density at radius 1 is 0.735 bits per heavy atom. The summed E-state index contributed by atoms with van der Waals surface area (Å²) in [5.41, 5.74) is 11.1. The lowest BCUT2D eigenvalue weighted by molar-refractivity contribution is -0.201. The van der Waals surface area contributed by atoms with E-state index >= 15 is 0 Å². The minimum Gasteiger partial charge on any atom is -0.423 e. The molecule has 7 rings (SSSR count). The van der Waals surface area contributed by atoms with Gasteiger partial charge < -0.3 is 24.5 Å². The predicted molar refractivity (Wildman–Crippen MR) is 258 cm³/mol. The first kappa shape index (κ1) is 53.8. The molecular formula is C45H56BBrN6O13S2. The second kappa shape index (κ2) is 23.4. The van der Waals surface area contributed by atoms with Gasteiger partial charge >= 0.3 is 7.12 Å². The normalized spacial score (nSPS) is 19.6. The monoisotopic (exact) mass is 1040 g/mol. The standard InChI is InChI=1S/C20H23N3O5S.C19H25BrN2O6S.C6H8BNO2/c1-13-4-5-16(12-21-13)14-6-8-15(9-7-14)18-10-17(28-23-18)11-20(2,19(24)22-25)29(3,26)27;1-19(29(2,24)25,18(23)22-28-17-5-3-4-10-26-17)12-15-11-16(21-27-15)13-6-8-14(20)9-7-13;1-5-2-3-6(4-8-5)7(9)10/h4-9,12,17,25H,10-11H2,1-3H3,(H,22,24);6-9,15,17H,3-5,10-12H2,1-2H3,(H,22,23);2-4,9-10H,1H3/t17-,20-;15-,17?,19-;/m11./s1. The molecule has 19 nitrogen and oxygen atoms in total. The number of ether oxygens (including phenoxy) is 1. The summed E-state index contributed by atoms with van der Waals surface area (Å²) in [7, 11) is -8.96. The van der Waals surface area contributed by atoms with E-state index in [1.807, 2.05) is 80.7 Å². The van der Waals surface area contributed by atoms with Crippen molar-refractivity contribution in [2.45, 2.75) is 101 Å². The second-order valence-electron chi connectivity index (χ2n) is 17.0. The van der Waals surface area contributed by atoms with Gasteiger partial charge in [-0.1, -0.05) is 74.8 Å². The fraction of sp³-hybridized carbons (Fsp3) is 0.422. The maximum Gasteiger partial charge on any atom is 0.490 e. The Morgan fingerprint density at radius 3 is 1.66 bits per heavy atom. The number of hydrogen-bond donors (Lipinski definition) is 5. The minimum absolute atomic E-state index is 0.0456. The predicted octanol–water partition coefficient (Wildman–Crippen LogP) is 4.03.